The summed E-state index contributed by atoms with van der Waals surface area (Å²) in [4.78, 5) is 34.0. The van der Waals surface area contributed by atoms with Gasteiger partial charge in [-0.25, -0.2) is 14.7 Å². The number of rotatable bonds is 4. The minimum absolute atomic E-state index is 0.0941. The molecule has 0 bridgehead atoms. The number of nitro groups is 1. The summed E-state index contributed by atoms with van der Waals surface area (Å²) in [6.45, 7) is 2.89. The van der Waals surface area contributed by atoms with Gasteiger partial charge in [0, 0.05) is 12.1 Å². The Morgan fingerprint density at radius 2 is 1.57 bits per heavy atom. The Hall–Kier alpha value is -3.60. The van der Waals surface area contributed by atoms with Gasteiger partial charge < -0.3 is 18.9 Å². The van der Waals surface area contributed by atoms with Gasteiger partial charge in [-0.05, 0) is 19.4 Å². The Bertz CT molecular complexity index is 833. The van der Waals surface area contributed by atoms with Gasteiger partial charge in [-0.15, -0.1) is 0 Å². The fraction of sp³-hybridized carbons (Fsp3) is 0.294. The van der Waals surface area contributed by atoms with E-state index in [1.807, 2.05) is 0 Å². The number of carbonyl (C=O) groups is 2. The van der Waals surface area contributed by atoms with Crippen LogP contribution in [-0.4, -0.2) is 41.7 Å². The van der Waals surface area contributed by atoms with E-state index in [9.17, 15) is 24.9 Å². The molecular formula is C17H18N2O9. The Morgan fingerprint density at radius 1 is 1.07 bits per heavy atom. The fourth-order valence-corrected chi connectivity index (χ4v) is 2.65. The van der Waals surface area contributed by atoms with Crippen molar-refractivity contribution in [3.05, 3.63) is 62.9 Å². The molecule has 1 aromatic rings. The van der Waals surface area contributed by atoms with Crippen LogP contribution in [0.15, 0.2) is 47.2 Å². The first kappa shape index (κ1) is 20.7. The summed E-state index contributed by atoms with van der Waals surface area (Å²) in [6, 6.07) is 5.46. The lowest BCUT2D eigenvalue weighted by molar-refractivity contribution is -0.384. The quantitative estimate of drug-likeness (QED) is 0.459. The molecule has 0 aliphatic carbocycles. The summed E-state index contributed by atoms with van der Waals surface area (Å²) < 4.78 is 19.3. The number of hydrogen-bond donors (Lipinski definition) is 1. The molecule has 0 saturated carbocycles. The monoisotopic (exact) mass is 394 g/mol. The number of hydrogen-bond acceptors (Lipinski definition) is 10. The van der Waals surface area contributed by atoms with Gasteiger partial charge in [-0.2, -0.15) is 0 Å². The van der Waals surface area contributed by atoms with Crippen LogP contribution in [0.5, 0.6) is 0 Å². The molecule has 11 heteroatoms. The van der Waals surface area contributed by atoms with Crippen molar-refractivity contribution < 1.29 is 38.7 Å². The average Bonchev–Trinajstić information content (AvgIpc) is 2.69. The zero-order valence-corrected chi connectivity index (χ0v) is 15.5. The van der Waals surface area contributed by atoms with Crippen LogP contribution >= 0.6 is 0 Å². The van der Waals surface area contributed by atoms with E-state index < -0.39 is 23.2 Å². The van der Waals surface area contributed by atoms with E-state index in [2.05, 4.69) is 9.47 Å². The minimum Gasteiger partial charge on any atom is -0.437 e. The average molecular weight is 394 g/mol. The van der Waals surface area contributed by atoms with Crippen LogP contribution in [0.2, 0.25) is 0 Å². The zero-order valence-electron chi connectivity index (χ0n) is 15.5. The summed E-state index contributed by atoms with van der Waals surface area (Å²) in [6.07, 6.45) is -2.18. The molecule has 150 valence electrons. The standard InChI is InChI=1S/C17H18N2O9/c1-9-14(27-16(20)25-3)13(11-6-5-7-12(8-11)19(23)24)15(10(2)18(9)22)28-17(21)26-4/h5-8,13,22H,1-4H3. The number of benzene rings is 1. The number of non-ortho nitro benzene ring substituents is 1. The Labute approximate surface area is 159 Å². The third-order valence-electron chi connectivity index (χ3n) is 4.01. The van der Waals surface area contributed by atoms with Gasteiger partial charge in [-0.1, -0.05) is 12.1 Å². The van der Waals surface area contributed by atoms with E-state index in [1.54, 1.807) is 0 Å². The molecule has 0 atom stereocenters. The van der Waals surface area contributed by atoms with Crippen LogP contribution in [0.4, 0.5) is 15.3 Å². The summed E-state index contributed by atoms with van der Waals surface area (Å²) in [5.74, 6) is -1.35. The van der Waals surface area contributed by atoms with Gasteiger partial charge in [0.15, 0.2) is 0 Å². The molecule has 0 aromatic heterocycles. The maximum Gasteiger partial charge on any atom is 0.513 e. The molecule has 1 aromatic carbocycles. The lowest BCUT2D eigenvalue weighted by Crippen LogP contribution is -2.30. The van der Waals surface area contributed by atoms with Crippen molar-refractivity contribution in [3.8, 4) is 0 Å². The highest BCUT2D eigenvalue weighted by atomic mass is 16.7. The molecule has 0 fully saturated rings. The molecule has 1 aliphatic rings. The zero-order chi connectivity index (χ0) is 21.0. The van der Waals surface area contributed by atoms with Gasteiger partial charge in [0.05, 0.1) is 30.5 Å². The Balaban J connectivity index is 2.68. The van der Waals surface area contributed by atoms with E-state index >= 15 is 0 Å². The number of nitro benzene ring substituents is 1. The normalized spacial score (nSPS) is 14.7. The van der Waals surface area contributed by atoms with E-state index in [0.717, 1.165) is 14.2 Å². The molecule has 0 spiro atoms. The lowest BCUT2D eigenvalue weighted by atomic mass is 9.90. The first-order valence-corrected chi connectivity index (χ1v) is 7.87. The molecule has 1 aliphatic heterocycles. The van der Waals surface area contributed by atoms with Crippen molar-refractivity contribution in [2.45, 2.75) is 19.8 Å². The largest absolute Gasteiger partial charge is 0.513 e. The van der Waals surface area contributed by atoms with Crippen molar-refractivity contribution in [2.24, 2.45) is 0 Å². The van der Waals surface area contributed by atoms with Crippen molar-refractivity contribution in [3.63, 3.8) is 0 Å². The fourth-order valence-electron chi connectivity index (χ4n) is 2.65. The highest BCUT2D eigenvalue weighted by molar-refractivity contribution is 5.65. The second kappa shape index (κ2) is 8.39. The molecule has 11 nitrogen and oxygen atoms in total. The van der Waals surface area contributed by atoms with Crippen LogP contribution in [0.3, 0.4) is 0 Å². The highest BCUT2D eigenvalue weighted by Gasteiger charge is 2.38. The number of hydroxylamine groups is 2. The van der Waals surface area contributed by atoms with Crippen LogP contribution in [0.1, 0.15) is 25.3 Å². The Morgan fingerprint density at radius 3 is 2.00 bits per heavy atom. The van der Waals surface area contributed by atoms with E-state index in [1.165, 1.54) is 38.1 Å². The van der Waals surface area contributed by atoms with Gasteiger partial charge in [0.2, 0.25) is 0 Å². The van der Waals surface area contributed by atoms with E-state index in [0.29, 0.717) is 5.06 Å². The molecule has 0 saturated heterocycles. The summed E-state index contributed by atoms with van der Waals surface area (Å²) in [5.41, 5.74) is 0.237. The predicted molar refractivity (Wildman–Crippen MR) is 91.8 cm³/mol. The van der Waals surface area contributed by atoms with Crippen molar-refractivity contribution in [2.75, 3.05) is 14.2 Å². The van der Waals surface area contributed by atoms with Crippen LogP contribution < -0.4 is 0 Å². The van der Waals surface area contributed by atoms with Crippen LogP contribution in [0.25, 0.3) is 0 Å². The predicted octanol–water partition coefficient (Wildman–Crippen LogP) is 3.41. The van der Waals surface area contributed by atoms with E-state index in [4.69, 9.17) is 9.47 Å². The third kappa shape index (κ3) is 4.04. The minimum atomic E-state index is -1.09. The molecular weight excluding hydrogens is 376 g/mol. The molecule has 28 heavy (non-hydrogen) atoms. The van der Waals surface area contributed by atoms with Crippen molar-refractivity contribution in [1.82, 2.24) is 5.06 Å². The molecule has 0 unspecified atom stereocenters. The van der Waals surface area contributed by atoms with Crippen molar-refractivity contribution in [1.29, 1.82) is 0 Å². The maximum absolute atomic E-state index is 11.7. The van der Waals surface area contributed by atoms with Gasteiger partial charge in [0.25, 0.3) is 5.69 Å². The number of allylic oxidation sites excluding steroid dienone is 2. The van der Waals surface area contributed by atoms with Gasteiger partial charge in [-0.3, -0.25) is 15.3 Å². The first-order chi connectivity index (χ1) is 13.2. The molecule has 2 rings (SSSR count). The highest BCUT2D eigenvalue weighted by Crippen LogP contribution is 2.43. The summed E-state index contributed by atoms with van der Waals surface area (Å²) >= 11 is 0. The number of methoxy groups -OCH3 is 2. The summed E-state index contributed by atoms with van der Waals surface area (Å²) in [7, 11) is 2.18. The summed E-state index contributed by atoms with van der Waals surface area (Å²) in [5, 5.41) is 22.1. The second-order valence-corrected chi connectivity index (χ2v) is 5.61. The molecule has 1 heterocycles. The number of carbonyl (C=O) groups excluding carboxylic acids is 2. The topological polar surface area (TPSA) is 138 Å². The van der Waals surface area contributed by atoms with E-state index in [-0.39, 0.29) is 34.2 Å². The van der Waals surface area contributed by atoms with Crippen LogP contribution in [0, 0.1) is 10.1 Å². The van der Waals surface area contributed by atoms with Crippen molar-refractivity contribution >= 4 is 18.0 Å². The van der Waals surface area contributed by atoms with Crippen LogP contribution in [-0.2, 0) is 18.9 Å². The second-order valence-electron chi connectivity index (χ2n) is 5.61. The molecule has 0 amide bonds. The molecule has 1 N–H and O–H groups in total. The van der Waals surface area contributed by atoms with Gasteiger partial charge in [0.1, 0.15) is 17.4 Å². The third-order valence-corrected chi connectivity index (χ3v) is 4.01. The lowest BCUT2D eigenvalue weighted by Gasteiger charge is -2.33. The SMILES string of the molecule is COC(=O)OC1=C(C)N(O)C(C)=C(OC(=O)OC)C1c1cccc([N+](=O)[O-])c1. The van der Waals surface area contributed by atoms with Gasteiger partial charge >= 0.3 is 12.3 Å². The first-order valence-electron chi connectivity index (χ1n) is 7.87. The Kier molecular flexibility index (Phi) is 6.21. The smallest absolute Gasteiger partial charge is 0.437 e. The molecule has 0 radical (unpaired) electrons. The maximum atomic E-state index is 11.7. The number of nitrogens with zero attached hydrogens (tertiary/aromatic N) is 2. The number of ether oxygens (including phenoxy) is 4.